The molecule has 4 nitrogen and oxygen atoms in total. The quantitative estimate of drug-likeness (QED) is 0.752. The number of carbonyl (C=O) groups is 2. The van der Waals surface area contributed by atoms with Crippen LogP contribution in [0.25, 0.3) is 0 Å². The van der Waals surface area contributed by atoms with Gasteiger partial charge >= 0.3 is 5.97 Å². The molecule has 2 aromatic carbocycles. The first-order chi connectivity index (χ1) is 12.0. The highest BCUT2D eigenvalue weighted by atomic mass is 35.5. The molecule has 132 valence electrons. The van der Waals surface area contributed by atoms with Gasteiger partial charge in [-0.1, -0.05) is 61.0 Å². The van der Waals surface area contributed by atoms with Gasteiger partial charge in [0.1, 0.15) is 0 Å². The molecule has 2 rings (SSSR count). The maximum absolute atomic E-state index is 12.0. The summed E-state index contributed by atoms with van der Waals surface area (Å²) in [6, 6.07) is 16.8. The van der Waals surface area contributed by atoms with E-state index in [1.165, 1.54) is 0 Å². The van der Waals surface area contributed by atoms with Crippen molar-refractivity contribution in [3.05, 3.63) is 70.7 Å². The van der Waals surface area contributed by atoms with Crippen molar-refractivity contribution in [3.8, 4) is 0 Å². The third-order valence-electron chi connectivity index (χ3n) is 3.93. The zero-order valence-corrected chi connectivity index (χ0v) is 15.1. The van der Waals surface area contributed by atoms with Crippen molar-refractivity contribution in [1.82, 2.24) is 5.32 Å². The van der Waals surface area contributed by atoms with Gasteiger partial charge in [0, 0.05) is 5.02 Å². The summed E-state index contributed by atoms with van der Waals surface area (Å²) in [6.45, 7) is 3.52. The Bertz CT molecular complexity index is 718. The number of amides is 1. The summed E-state index contributed by atoms with van der Waals surface area (Å²) in [5.74, 6) is -0.683. The molecule has 0 saturated carbocycles. The second-order valence-corrected chi connectivity index (χ2v) is 6.46. The molecule has 1 N–H and O–H groups in total. The minimum absolute atomic E-state index is 0.0437. The third kappa shape index (κ3) is 6.24. The summed E-state index contributed by atoms with van der Waals surface area (Å²) in [5.41, 5.74) is 1.96. The van der Waals surface area contributed by atoms with Crippen LogP contribution in [0.1, 0.15) is 43.4 Å². The number of esters is 1. The zero-order valence-electron chi connectivity index (χ0n) is 14.4. The Balaban J connectivity index is 1.76. The fourth-order valence-corrected chi connectivity index (χ4v) is 2.70. The first-order valence-corrected chi connectivity index (χ1v) is 8.59. The summed E-state index contributed by atoms with van der Waals surface area (Å²) in [6.07, 6.45) is 0.237. The van der Waals surface area contributed by atoms with E-state index in [1.54, 1.807) is 12.1 Å². The van der Waals surface area contributed by atoms with Crippen molar-refractivity contribution in [2.75, 3.05) is 6.61 Å². The van der Waals surface area contributed by atoms with Crippen molar-refractivity contribution >= 4 is 23.5 Å². The molecule has 0 heterocycles. The van der Waals surface area contributed by atoms with Crippen molar-refractivity contribution in [1.29, 1.82) is 0 Å². The molecule has 0 bridgehead atoms. The number of ether oxygens (including phenoxy) is 1. The fourth-order valence-electron chi connectivity index (χ4n) is 2.50. The summed E-state index contributed by atoms with van der Waals surface area (Å²) in [5, 5.41) is 3.40. The molecule has 0 aromatic heterocycles. The average Bonchev–Trinajstić information content (AvgIpc) is 2.60. The predicted molar refractivity (Wildman–Crippen MR) is 98.4 cm³/mol. The van der Waals surface area contributed by atoms with Gasteiger partial charge < -0.3 is 10.1 Å². The van der Waals surface area contributed by atoms with E-state index in [0.717, 1.165) is 11.1 Å². The average molecular weight is 360 g/mol. The topological polar surface area (TPSA) is 55.4 Å². The largest absolute Gasteiger partial charge is 0.456 e. The minimum Gasteiger partial charge on any atom is -0.456 e. The molecule has 25 heavy (non-hydrogen) atoms. The standard InChI is InChI=1S/C20H22ClNO3/c1-14(16-7-4-3-5-8-16)11-20(24)25-13-19(23)22-15(2)17-9-6-10-18(21)12-17/h3-10,12,14-15H,11,13H2,1-2H3,(H,22,23)/t14-,15-/m1/s1. The van der Waals surface area contributed by atoms with Gasteiger partial charge in [-0.3, -0.25) is 9.59 Å². The number of rotatable bonds is 7. The highest BCUT2D eigenvalue weighted by molar-refractivity contribution is 6.30. The molecule has 0 fully saturated rings. The second kappa shape index (κ2) is 9.23. The number of hydrogen-bond donors (Lipinski definition) is 1. The minimum atomic E-state index is -0.387. The summed E-state index contributed by atoms with van der Waals surface area (Å²) < 4.78 is 5.08. The van der Waals surface area contributed by atoms with Crippen molar-refractivity contribution in [2.24, 2.45) is 0 Å². The number of carbonyl (C=O) groups excluding carboxylic acids is 2. The van der Waals surface area contributed by atoms with Crippen molar-refractivity contribution in [2.45, 2.75) is 32.2 Å². The van der Waals surface area contributed by atoms with Gasteiger partial charge in [-0.25, -0.2) is 0 Å². The van der Waals surface area contributed by atoms with Crippen molar-refractivity contribution in [3.63, 3.8) is 0 Å². The number of benzene rings is 2. The fraction of sp³-hybridized carbons (Fsp3) is 0.300. The van der Waals surface area contributed by atoms with E-state index in [-0.39, 0.29) is 36.9 Å². The Hall–Kier alpha value is -2.33. The number of nitrogens with one attached hydrogen (secondary N) is 1. The molecule has 1 amide bonds. The third-order valence-corrected chi connectivity index (χ3v) is 4.17. The van der Waals surface area contributed by atoms with Crippen LogP contribution in [0.3, 0.4) is 0 Å². The van der Waals surface area contributed by atoms with E-state index in [0.29, 0.717) is 5.02 Å². The Morgan fingerprint density at radius 3 is 2.40 bits per heavy atom. The van der Waals surface area contributed by atoms with Gasteiger partial charge in [-0.15, -0.1) is 0 Å². The summed E-state index contributed by atoms with van der Waals surface area (Å²) in [7, 11) is 0. The maximum Gasteiger partial charge on any atom is 0.306 e. The number of hydrogen-bond acceptors (Lipinski definition) is 3. The first kappa shape index (κ1) is 19.0. The molecule has 0 spiro atoms. The molecule has 0 aliphatic rings. The van der Waals surface area contributed by atoms with Gasteiger partial charge in [0.15, 0.2) is 6.61 Å². The lowest BCUT2D eigenvalue weighted by molar-refractivity contribution is -0.149. The lowest BCUT2D eigenvalue weighted by Crippen LogP contribution is -2.31. The molecule has 2 aromatic rings. The molecule has 0 unspecified atom stereocenters. The SMILES string of the molecule is C[C@H](CC(=O)OCC(=O)N[C@H](C)c1cccc(Cl)c1)c1ccccc1. The normalized spacial score (nSPS) is 12.9. The van der Waals surface area contributed by atoms with Crippen LogP contribution in [0.15, 0.2) is 54.6 Å². The van der Waals surface area contributed by atoms with Crippen LogP contribution in [-0.2, 0) is 14.3 Å². The molecule has 0 radical (unpaired) electrons. The van der Waals surface area contributed by atoms with Crippen LogP contribution in [0.4, 0.5) is 0 Å². The molecule has 0 aliphatic carbocycles. The Labute approximate surface area is 153 Å². The van der Waals surface area contributed by atoms with E-state index >= 15 is 0 Å². The predicted octanol–water partition coefficient (Wildman–Crippen LogP) is 4.25. The highest BCUT2D eigenvalue weighted by Gasteiger charge is 2.15. The second-order valence-electron chi connectivity index (χ2n) is 6.02. The lowest BCUT2D eigenvalue weighted by atomic mass is 9.98. The Morgan fingerprint density at radius 2 is 1.72 bits per heavy atom. The first-order valence-electron chi connectivity index (χ1n) is 8.21. The van der Waals surface area contributed by atoms with E-state index in [2.05, 4.69) is 5.32 Å². The van der Waals surface area contributed by atoms with Crippen LogP contribution in [-0.4, -0.2) is 18.5 Å². The van der Waals surface area contributed by atoms with Crippen LogP contribution in [0.5, 0.6) is 0 Å². The van der Waals surface area contributed by atoms with Crippen LogP contribution < -0.4 is 5.32 Å². The van der Waals surface area contributed by atoms with E-state index < -0.39 is 0 Å². The van der Waals surface area contributed by atoms with Crippen molar-refractivity contribution < 1.29 is 14.3 Å². The maximum atomic E-state index is 12.0. The molecule has 0 aliphatic heterocycles. The summed E-state index contributed by atoms with van der Waals surface area (Å²) in [4.78, 5) is 23.9. The molecule has 2 atom stereocenters. The molecular weight excluding hydrogens is 338 g/mol. The van der Waals surface area contributed by atoms with Gasteiger partial charge in [-0.2, -0.15) is 0 Å². The monoisotopic (exact) mass is 359 g/mol. The Kier molecular flexibility index (Phi) is 7.02. The Morgan fingerprint density at radius 1 is 1.04 bits per heavy atom. The van der Waals surface area contributed by atoms with Crippen LogP contribution in [0, 0.1) is 0 Å². The number of halogens is 1. The zero-order chi connectivity index (χ0) is 18.2. The van der Waals surface area contributed by atoms with Gasteiger partial charge in [-0.05, 0) is 36.1 Å². The van der Waals surface area contributed by atoms with E-state index in [4.69, 9.17) is 16.3 Å². The van der Waals surface area contributed by atoms with Crippen LogP contribution in [0.2, 0.25) is 5.02 Å². The smallest absolute Gasteiger partial charge is 0.306 e. The van der Waals surface area contributed by atoms with Gasteiger partial charge in [0.2, 0.25) is 0 Å². The van der Waals surface area contributed by atoms with E-state index in [9.17, 15) is 9.59 Å². The molecule has 5 heteroatoms. The summed E-state index contributed by atoms with van der Waals surface area (Å²) >= 11 is 5.95. The van der Waals surface area contributed by atoms with Gasteiger partial charge in [0.05, 0.1) is 12.5 Å². The van der Waals surface area contributed by atoms with Crippen LogP contribution >= 0.6 is 11.6 Å². The van der Waals surface area contributed by atoms with Gasteiger partial charge in [0.25, 0.3) is 5.91 Å². The molecule has 0 saturated heterocycles. The molecular formula is C20H22ClNO3. The van der Waals surface area contributed by atoms with E-state index in [1.807, 2.05) is 56.3 Å². The lowest BCUT2D eigenvalue weighted by Gasteiger charge is -2.15. The highest BCUT2D eigenvalue weighted by Crippen LogP contribution is 2.19.